The number of methoxy groups -OCH3 is 2. The number of amides is 1. The van der Waals surface area contributed by atoms with E-state index >= 15 is 0 Å². The minimum Gasteiger partial charge on any atom is -0.469 e. The number of carbonyl (C=O) groups excluding carboxylic acids is 3. The summed E-state index contributed by atoms with van der Waals surface area (Å²) >= 11 is 0. The summed E-state index contributed by atoms with van der Waals surface area (Å²) in [5.74, 6) is -0.427. The second-order valence-electron chi connectivity index (χ2n) is 2.49. The Morgan fingerprint density at radius 3 is 2.43 bits per heavy atom. The molecule has 14 heavy (non-hydrogen) atoms. The second-order valence-corrected chi connectivity index (χ2v) is 2.49. The minimum atomic E-state index is -0.721. The van der Waals surface area contributed by atoms with E-state index in [0.717, 1.165) is 0 Å². The first-order valence-corrected chi connectivity index (χ1v) is 4.00. The highest BCUT2D eigenvalue weighted by atomic mass is 16.5. The lowest BCUT2D eigenvalue weighted by Gasteiger charge is -2.10. The van der Waals surface area contributed by atoms with Crippen molar-refractivity contribution in [2.75, 3.05) is 14.2 Å². The summed E-state index contributed by atoms with van der Waals surface area (Å²) in [4.78, 5) is 31.8. The summed E-state index contributed by atoms with van der Waals surface area (Å²) in [5, 5.41) is 2.26. The Morgan fingerprint density at radius 2 is 2.00 bits per heavy atom. The SMILES string of the molecule is COC(=O)CCC(C=O)NC(=O)OC. The van der Waals surface area contributed by atoms with Crippen LogP contribution in [0.3, 0.4) is 0 Å². The number of carbonyl (C=O) groups is 3. The lowest BCUT2D eigenvalue weighted by molar-refractivity contribution is -0.140. The molecule has 6 heteroatoms. The second kappa shape index (κ2) is 6.88. The highest BCUT2D eigenvalue weighted by molar-refractivity contribution is 5.74. The molecule has 0 aromatic rings. The molecule has 1 N–H and O–H groups in total. The van der Waals surface area contributed by atoms with Gasteiger partial charge < -0.3 is 19.6 Å². The van der Waals surface area contributed by atoms with Crippen LogP contribution in [-0.2, 0) is 19.1 Å². The van der Waals surface area contributed by atoms with Crippen molar-refractivity contribution in [3.63, 3.8) is 0 Å². The number of hydrogen-bond acceptors (Lipinski definition) is 5. The fraction of sp³-hybridized carbons (Fsp3) is 0.625. The van der Waals surface area contributed by atoms with E-state index < -0.39 is 18.1 Å². The lowest BCUT2D eigenvalue weighted by atomic mass is 10.2. The summed E-state index contributed by atoms with van der Waals surface area (Å²) in [6.45, 7) is 0. The number of hydrogen-bond donors (Lipinski definition) is 1. The van der Waals surface area contributed by atoms with Crippen molar-refractivity contribution in [3.8, 4) is 0 Å². The van der Waals surface area contributed by atoms with E-state index in [4.69, 9.17) is 0 Å². The summed E-state index contributed by atoms with van der Waals surface area (Å²) in [6.07, 6.45) is 0.113. The molecule has 0 spiro atoms. The van der Waals surface area contributed by atoms with Crippen LogP contribution in [0, 0.1) is 0 Å². The fourth-order valence-corrected chi connectivity index (χ4v) is 0.760. The molecular formula is C8H13NO5. The van der Waals surface area contributed by atoms with Crippen LogP contribution in [0.15, 0.2) is 0 Å². The Bertz CT molecular complexity index is 216. The summed E-state index contributed by atoms with van der Waals surface area (Å²) in [6, 6.07) is -0.721. The average molecular weight is 203 g/mol. The van der Waals surface area contributed by atoms with Crippen molar-refractivity contribution >= 4 is 18.3 Å². The van der Waals surface area contributed by atoms with Gasteiger partial charge in [0.15, 0.2) is 0 Å². The molecule has 0 radical (unpaired) electrons. The minimum absolute atomic E-state index is 0.0733. The lowest BCUT2D eigenvalue weighted by Crippen LogP contribution is -2.36. The molecule has 1 atom stereocenters. The Morgan fingerprint density at radius 1 is 1.36 bits per heavy atom. The van der Waals surface area contributed by atoms with E-state index in [-0.39, 0.29) is 12.8 Å². The van der Waals surface area contributed by atoms with E-state index in [2.05, 4.69) is 14.8 Å². The predicted molar refractivity (Wildman–Crippen MR) is 46.6 cm³/mol. The smallest absolute Gasteiger partial charge is 0.407 e. The molecule has 0 rings (SSSR count). The van der Waals surface area contributed by atoms with E-state index in [1.807, 2.05) is 0 Å². The molecular weight excluding hydrogens is 190 g/mol. The molecule has 0 bridgehead atoms. The third kappa shape index (κ3) is 5.13. The van der Waals surface area contributed by atoms with Gasteiger partial charge in [-0.3, -0.25) is 4.79 Å². The monoisotopic (exact) mass is 203 g/mol. The Kier molecular flexibility index (Phi) is 6.09. The fourth-order valence-electron chi connectivity index (χ4n) is 0.760. The van der Waals surface area contributed by atoms with Gasteiger partial charge >= 0.3 is 12.1 Å². The first-order valence-electron chi connectivity index (χ1n) is 4.00. The molecule has 0 aliphatic heterocycles. The Labute approximate surface area is 81.6 Å². The van der Waals surface area contributed by atoms with Gasteiger partial charge in [0.05, 0.1) is 20.3 Å². The summed E-state index contributed by atoms with van der Waals surface area (Å²) in [5.41, 5.74) is 0. The maximum Gasteiger partial charge on any atom is 0.407 e. The van der Waals surface area contributed by atoms with Gasteiger partial charge in [-0.1, -0.05) is 0 Å². The van der Waals surface area contributed by atoms with Crippen LogP contribution < -0.4 is 5.32 Å². The first kappa shape index (κ1) is 12.4. The molecule has 1 amide bonds. The third-order valence-corrected chi connectivity index (χ3v) is 1.54. The van der Waals surface area contributed by atoms with Crippen molar-refractivity contribution in [2.45, 2.75) is 18.9 Å². The van der Waals surface area contributed by atoms with Crippen LogP contribution in [0.25, 0.3) is 0 Å². The van der Waals surface area contributed by atoms with Gasteiger partial charge in [0.25, 0.3) is 0 Å². The topological polar surface area (TPSA) is 81.7 Å². The van der Waals surface area contributed by atoms with Crippen LogP contribution in [0.1, 0.15) is 12.8 Å². The molecule has 1 unspecified atom stereocenters. The van der Waals surface area contributed by atoms with Crippen molar-refractivity contribution < 1.29 is 23.9 Å². The van der Waals surface area contributed by atoms with Crippen LogP contribution >= 0.6 is 0 Å². The van der Waals surface area contributed by atoms with E-state index in [9.17, 15) is 14.4 Å². The van der Waals surface area contributed by atoms with Crippen molar-refractivity contribution in [2.24, 2.45) is 0 Å². The largest absolute Gasteiger partial charge is 0.469 e. The Balaban J connectivity index is 3.85. The van der Waals surface area contributed by atoms with Crippen LogP contribution in [0.2, 0.25) is 0 Å². The van der Waals surface area contributed by atoms with Crippen LogP contribution in [0.5, 0.6) is 0 Å². The quantitative estimate of drug-likeness (QED) is 0.497. The van der Waals surface area contributed by atoms with E-state index in [1.165, 1.54) is 14.2 Å². The zero-order valence-electron chi connectivity index (χ0n) is 8.11. The molecule has 6 nitrogen and oxygen atoms in total. The molecule has 0 heterocycles. The zero-order valence-corrected chi connectivity index (χ0v) is 8.11. The third-order valence-electron chi connectivity index (χ3n) is 1.54. The van der Waals surface area contributed by atoms with Gasteiger partial charge in [-0.15, -0.1) is 0 Å². The van der Waals surface area contributed by atoms with Gasteiger partial charge in [0.2, 0.25) is 0 Å². The molecule has 0 aliphatic carbocycles. The highest BCUT2D eigenvalue weighted by Gasteiger charge is 2.13. The highest BCUT2D eigenvalue weighted by Crippen LogP contribution is 1.96. The van der Waals surface area contributed by atoms with Crippen molar-refractivity contribution in [1.82, 2.24) is 5.32 Å². The number of rotatable bonds is 5. The number of ether oxygens (including phenoxy) is 2. The number of alkyl carbamates (subject to hydrolysis) is 1. The molecule has 0 aromatic heterocycles. The van der Waals surface area contributed by atoms with Gasteiger partial charge in [-0.25, -0.2) is 4.79 Å². The maximum absolute atomic E-state index is 10.7. The van der Waals surface area contributed by atoms with Crippen LogP contribution in [0.4, 0.5) is 4.79 Å². The predicted octanol–water partition coefficient (Wildman–Crippen LogP) is -0.137. The molecule has 80 valence electrons. The molecule has 0 saturated carbocycles. The number of esters is 1. The van der Waals surface area contributed by atoms with Crippen LogP contribution in [-0.4, -0.2) is 38.6 Å². The van der Waals surface area contributed by atoms with E-state index in [1.54, 1.807) is 0 Å². The van der Waals surface area contributed by atoms with Gasteiger partial charge in [-0.2, -0.15) is 0 Å². The summed E-state index contributed by atoms with van der Waals surface area (Å²) < 4.78 is 8.67. The number of nitrogens with one attached hydrogen (secondary N) is 1. The molecule has 0 aliphatic rings. The summed E-state index contributed by atoms with van der Waals surface area (Å²) in [7, 11) is 2.45. The normalized spacial score (nSPS) is 11.3. The van der Waals surface area contributed by atoms with Gasteiger partial charge in [0, 0.05) is 6.42 Å². The maximum atomic E-state index is 10.7. The standard InChI is InChI=1S/C8H13NO5/c1-13-7(11)4-3-6(5-10)9-8(12)14-2/h5-6H,3-4H2,1-2H3,(H,9,12). The first-order chi connectivity index (χ1) is 6.63. The average Bonchev–Trinajstić information content (AvgIpc) is 2.22. The number of aldehydes is 1. The van der Waals surface area contributed by atoms with Crippen molar-refractivity contribution in [3.05, 3.63) is 0 Å². The van der Waals surface area contributed by atoms with E-state index in [0.29, 0.717) is 6.29 Å². The van der Waals surface area contributed by atoms with Gasteiger partial charge in [-0.05, 0) is 6.42 Å². The molecule has 0 saturated heterocycles. The zero-order chi connectivity index (χ0) is 11.0. The van der Waals surface area contributed by atoms with Crippen molar-refractivity contribution in [1.29, 1.82) is 0 Å². The van der Waals surface area contributed by atoms with Gasteiger partial charge in [0.1, 0.15) is 6.29 Å². The Hall–Kier alpha value is -1.59. The molecule has 0 aromatic carbocycles. The molecule has 0 fully saturated rings.